The maximum atomic E-state index is 11.6. The van der Waals surface area contributed by atoms with Gasteiger partial charge in [-0.3, -0.25) is 4.79 Å². The lowest BCUT2D eigenvalue weighted by Gasteiger charge is -2.43. The Morgan fingerprint density at radius 3 is 2.41 bits per heavy atom. The van der Waals surface area contributed by atoms with Gasteiger partial charge in [0.05, 0.1) is 29.9 Å². The van der Waals surface area contributed by atoms with E-state index in [-0.39, 0.29) is 5.60 Å². The molecule has 2 fully saturated rings. The van der Waals surface area contributed by atoms with Crippen LogP contribution in [-0.4, -0.2) is 35.6 Å². The van der Waals surface area contributed by atoms with Gasteiger partial charge in [0.1, 0.15) is 17.1 Å². The standard InChI is InChI=1S/C33H43NO5/c1-5-37-28-17-23(18-29(38-6-2)30(28)26-9-7-8-22(3)16-26)10-11-24-19-33(20-24)21-27(34-39-33)25-12-14-32(4,15-13-25)31(35)36/h8-9,16-18,22,24-25H,5-6,10-15,19-21H2,1-4H3,(H,35,36). The molecule has 0 aromatic heterocycles. The normalized spacial score (nSPS) is 31.3. The van der Waals surface area contributed by atoms with Gasteiger partial charge in [0.15, 0.2) is 0 Å². The minimum atomic E-state index is -0.671. The zero-order valence-electron chi connectivity index (χ0n) is 23.9. The second kappa shape index (κ2) is 11.3. The van der Waals surface area contributed by atoms with Gasteiger partial charge in [0.2, 0.25) is 0 Å². The van der Waals surface area contributed by atoms with Crippen LogP contribution in [0.2, 0.25) is 0 Å². The van der Waals surface area contributed by atoms with Crippen LogP contribution in [0.3, 0.4) is 0 Å². The molecule has 1 aliphatic heterocycles. The van der Waals surface area contributed by atoms with E-state index in [0.29, 0.717) is 31.0 Å². The molecule has 39 heavy (non-hydrogen) atoms. The predicted molar refractivity (Wildman–Crippen MR) is 153 cm³/mol. The molecule has 5 rings (SSSR count). The highest BCUT2D eigenvalue weighted by atomic mass is 16.7. The number of oxime groups is 1. The quantitative estimate of drug-likeness (QED) is 0.318. The number of carboxylic acids is 1. The number of carbonyl (C=O) groups is 1. The van der Waals surface area contributed by atoms with E-state index < -0.39 is 11.4 Å². The molecule has 1 unspecified atom stereocenters. The second-order valence-electron chi connectivity index (χ2n) is 12.3. The van der Waals surface area contributed by atoms with Gasteiger partial charge in [-0.15, -0.1) is 5.73 Å². The molecule has 1 atom stereocenters. The van der Waals surface area contributed by atoms with Crippen molar-refractivity contribution in [3.8, 4) is 11.5 Å². The van der Waals surface area contributed by atoms with E-state index in [9.17, 15) is 9.90 Å². The van der Waals surface area contributed by atoms with Crippen molar-refractivity contribution in [1.29, 1.82) is 0 Å². The Kier molecular flexibility index (Phi) is 7.96. The van der Waals surface area contributed by atoms with E-state index in [4.69, 9.17) is 14.3 Å². The lowest BCUT2D eigenvalue weighted by Crippen LogP contribution is -2.44. The van der Waals surface area contributed by atoms with Crippen LogP contribution in [0.1, 0.15) is 90.2 Å². The second-order valence-corrected chi connectivity index (χ2v) is 12.3. The molecule has 2 saturated carbocycles. The lowest BCUT2D eigenvalue weighted by molar-refractivity contribution is -0.150. The Morgan fingerprint density at radius 2 is 1.82 bits per heavy atom. The number of benzene rings is 1. The molecule has 1 spiro atoms. The molecular weight excluding hydrogens is 490 g/mol. The molecule has 1 aromatic rings. The van der Waals surface area contributed by atoms with Crippen LogP contribution in [-0.2, 0) is 16.1 Å². The Bertz CT molecular complexity index is 1180. The van der Waals surface area contributed by atoms with Crippen LogP contribution in [0, 0.1) is 23.2 Å². The van der Waals surface area contributed by atoms with Crippen molar-refractivity contribution in [1.82, 2.24) is 0 Å². The maximum Gasteiger partial charge on any atom is 0.309 e. The molecular formula is C33H43NO5. The van der Waals surface area contributed by atoms with Crippen LogP contribution in [0.15, 0.2) is 41.2 Å². The molecule has 6 nitrogen and oxygen atoms in total. The molecule has 210 valence electrons. The molecule has 3 aliphatic carbocycles. The van der Waals surface area contributed by atoms with Crippen LogP contribution >= 0.6 is 0 Å². The van der Waals surface area contributed by atoms with E-state index in [1.165, 1.54) is 5.56 Å². The van der Waals surface area contributed by atoms with Crippen molar-refractivity contribution in [2.24, 2.45) is 28.3 Å². The van der Waals surface area contributed by atoms with E-state index in [2.05, 4.69) is 42.1 Å². The van der Waals surface area contributed by atoms with E-state index in [1.807, 2.05) is 26.8 Å². The summed E-state index contributed by atoms with van der Waals surface area (Å²) in [5.74, 6) is 2.40. The average molecular weight is 534 g/mol. The molecule has 0 radical (unpaired) electrons. The molecule has 1 N–H and O–H groups in total. The zero-order chi connectivity index (χ0) is 27.6. The fourth-order valence-electron chi connectivity index (χ4n) is 6.79. The Balaban J connectivity index is 1.19. The lowest BCUT2D eigenvalue weighted by atomic mass is 9.64. The molecule has 1 aromatic carbocycles. The summed E-state index contributed by atoms with van der Waals surface area (Å²) in [7, 11) is 0. The SMILES string of the molecule is CCOc1cc(CCC2CC3(CC(C4CCC(C)(C(=O)O)CC4)=NO3)C2)cc(OCC)c1C1=CC(C)C=C=C1. The third-order valence-corrected chi connectivity index (χ3v) is 9.15. The first kappa shape index (κ1) is 27.6. The van der Waals surface area contributed by atoms with Gasteiger partial charge in [-0.1, -0.05) is 18.2 Å². The first-order valence-electron chi connectivity index (χ1n) is 14.8. The van der Waals surface area contributed by atoms with Gasteiger partial charge in [0, 0.05) is 18.3 Å². The first-order chi connectivity index (χ1) is 18.7. The van der Waals surface area contributed by atoms with Crippen molar-refractivity contribution in [2.45, 2.75) is 91.1 Å². The van der Waals surface area contributed by atoms with Gasteiger partial charge in [-0.25, -0.2) is 0 Å². The zero-order valence-corrected chi connectivity index (χ0v) is 23.9. The molecule has 0 amide bonds. The first-order valence-corrected chi connectivity index (χ1v) is 14.8. The van der Waals surface area contributed by atoms with Crippen molar-refractivity contribution in [2.75, 3.05) is 13.2 Å². The number of carboxylic acid groups (broad SMARTS) is 1. The van der Waals surface area contributed by atoms with Gasteiger partial charge < -0.3 is 19.4 Å². The van der Waals surface area contributed by atoms with Crippen LogP contribution < -0.4 is 9.47 Å². The number of aliphatic carboxylic acids is 1. The van der Waals surface area contributed by atoms with Crippen LogP contribution in [0.25, 0.3) is 5.57 Å². The third kappa shape index (κ3) is 5.82. The van der Waals surface area contributed by atoms with E-state index >= 15 is 0 Å². The minimum Gasteiger partial charge on any atom is -0.493 e. The smallest absolute Gasteiger partial charge is 0.309 e. The fraction of sp³-hybridized carbons (Fsp3) is 0.606. The highest BCUT2D eigenvalue weighted by Gasteiger charge is 2.51. The molecule has 6 heteroatoms. The topological polar surface area (TPSA) is 77.4 Å². The predicted octanol–water partition coefficient (Wildman–Crippen LogP) is 7.37. The Morgan fingerprint density at radius 1 is 1.15 bits per heavy atom. The summed E-state index contributed by atoms with van der Waals surface area (Å²) in [4.78, 5) is 17.6. The summed E-state index contributed by atoms with van der Waals surface area (Å²) >= 11 is 0. The molecule has 0 saturated heterocycles. The summed E-state index contributed by atoms with van der Waals surface area (Å²) in [6.45, 7) is 9.29. The third-order valence-electron chi connectivity index (χ3n) is 9.15. The summed E-state index contributed by atoms with van der Waals surface area (Å²) in [6, 6.07) is 4.38. The number of ether oxygens (including phenoxy) is 2. The molecule has 1 heterocycles. The number of hydrogen-bond acceptors (Lipinski definition) is 5. The van der Waals surface area contributed by atoms with E-state index in [0.717, 1.165) is 86.1 Å². The van der Waals surface area contributed by atoms with Gasteiger partial charge in [0.25, 0.3) is 0 Å². The highest BCUT2D eigenvalue weighted by Crippen LogP contribution is 2.51. The van der Waals surface area contributed by atoms with Crippen molar-refractivity contribution < 1.29 is 24.2 Å². The largest absolute Gasteiger partial charge is 0.493 e. The van der Waals surface area contributed by atoms with Crippen LogP contribution in [0.4, 0.5) is 0 Å². The number of rotatable bonds is 10. The number of aryl methyl sites for hydroxylation is 1. The van der Waals surface area contributed by atoms with Gasteiger partial charge in [-0.2, -0.15) is 0 Å². The summed E-state index contributed by atoms with van der Waals surface area (Å²) < 4.78 is 12.3. The average Bonchev–Trinajstić information content (AvgIpc) is 3.33. The van der Waals surface area contributed by atoms with Crippen molar-refractivity contribution >= 4 is 17.3 Å². The van der Waals surface area contributed by atoms with Crippen LogP contribution in [0.5, 0.6) is 11.5 Å². The molecule has 4 aliphatic rings. The highest BCUT2D eigenvalue weighted by molar-refractivity contribution is 5.89. The number of hydrogen-bond donors (Lipinski definition) is 1. The molecule has 0 bridgehead atoms. The number of nitrogens with zero attached hydrogens (tertiary/aromatic N) is 1. The number of allylic oxidation sites excluding steroid dienone is 3. The summed E-state index contributed by atoms with van der Waals surface area (Å²) in [5.41, 5.74) is 7.08. The maximum absolute atomic E-state index is 11.6. The van der Waals surface area contributed by atoms with Crippen molar-refractivity contribution in [3.05, 3.63) is 47.2 Å². The van der Waals surface area contributed by atoms with Gasteiger partial charge >= 0.3 is 5.97 Å². The van der Waals surface area contributed by atoms with Crippen molar-refractivity contribution in [3.63, 3.8) is 0 Å². The van der Waals surface area contributed by atoms with E-state index in [1.54, 1.807) is 0 Å². The summed E-state index contributed by atoms with van der Waals surface area (Å²) in [6.07, 6.45) is 14.6. The Hall–Kier alpha value is -2.98. The minimum absolute atomic E-state index is 0.131. The fourth-order valence-corrected chi connectivity index (χ4v) is 6.79. The summed E-state index contributed by atoms with van der Waals surface area (Å²) in [5, 5.41) is 14.1. The Labute approximate surface area is 232 Å². The monoisotopic (exact) mass is 533 g/mol. The van der Waals surface area contributed by atoms with Gasteiger partial charge in [-0.05, 0) is 113 Å².